The van der Waals surface area contributed by atoms with Crippen molar-refractivity contribution in [3.8, 4) is 23.0 Å². The lowest BCUT2D eigenvalue weighted by Crippen LogP contribution is -2.28. The summed E-state index contributed by atoms with van der Waals surface area (Å²) in [5, 5.41) is 0. The average molecular weight is 411 g/mol. The highest BCUT2D eigenvalue weighted by atomic mass is 14.5. The molecule has 1 atom stereocenters. The lowest BCUT2D eigenvalue weighted by atomic mass is 9.63. The van der Waals surface area contributed by atoms with Crippen LogP contribution in [0.25, 0.3) is 11.1 Å². The van der Waals surface area contributed by atoms with E-state index >= 15 is 0 Å². The summed E-state index contributed by atoms with van der Waals surface area (Å²) in [7, 11) is 0. The molecule has 0 bridgehead atoms. The molecule has 31 heavy (non-hydrogen) atoms. The Bertz CT molecular complexity index is 1010. The van der Waals surface area contributed by atoms with Gasteiger partial charge >= 0.3 is 0 Å². The van der Waals surface area contributed by atoms with Crippen LogP contribution >= 0.6 is 0 Å². The molecule has 0 saturated carbocycles. The first-order valence-electron chi connectivity index (χ1n) is 11.1. The van der Waals surface area contributed by atoms with Crippen molar-refractivity contribution < 1.29 is 0 Å². The predicted molar refractivity (Wildman–Crippen MR) is 138 cm³/mol. The summed E-state index contributed by atoms with van der Waals surface area (Å²) in [6.45, 7) is 15.6. The fourth-order valence-electron chi connectivity index (χ4n) is 4.92. The van der Waals surface area contributed by atoms with E-state index in [0.717, 1.165) is 19.3 Å². The van der Waals surface area contributed by atoms with Crippen molar-refractivity contribution in [2.75, 3.05) is 0 Å². The van der Waals surface area contributed by atoms with Crippen LogP contribution in [-0.4, -0.2) is 0 Å². The standard InChI is InChI=1S/C30H34.CH4/c1-7-10-15-21-30(6,23(5)24(16-8-2)22(4)9-3)29-27-19-13-11-17-25(27)26-18-12-14-20-28(26)29;/h8,11-14,16-20,29H,5,9,15,21H2,1-4,6H3;1H4/b16-8-,24-22-;. The van der Waals surface area contributed by atoms with Gasteiger partial charge in [-0.25, -0.2) is 0 Å². The number of rotatable bonds is 7. The molecule has 1 aliphatic carbocycles. The van der Waals surface area contributed by atoms with E-state index in [-0.39, 0.29) is 18.8 Å². The molecule has 0 saturated heterocycles. The molecule has 0 N–H and O–H groups in total. The second-order valence-corrected chi connectivity index (χ2v) is 8.48. The van der Waals surface area contributed by atoms with Crippen molar-refractivity contribution in [2.45, 2.75) is 67.2 Å². The first-order chi connectivity index (χ1) is 14.5. The average Bonchev–Trinajstić information content (AvgIpc) is 3.11. The highest BCUT2D eigenvalue weighted by molar-refractivity contribution is 5.79. The number of benzene rings is 2. The number of hydrogen-bond donors (Lipinski definition) is 0. The van der Waals surface area contributed by atoms with Gasteiger partial charge in [-0.3, -0.25) is 0 Å². The van der Waals surface area contributed by atoms with Gasteiger partial charge in [0, 0.05) is 17.8 Å². The van der Waals surface area contributed by atoms with Crippen LogP contribution in [0.5, 0.6) is 0 Å². The molecule has 0 heterocycles. The van der Waals surface area contributed by atoms with E-state index in [1.54, 1.807) is 0 Å². The summed E-state index contributed by atoms with van der Waals surface area (Å²) in [5.74, 6) is 6.69. The van der Waals surface area contributed by atoms with Gasteiger partial charge in [0.1, 0.15) is 0 Å². The lowest BCUT2D eigenvalue weighted by Gasteiger charge is -2.40. The number of hydrogen-bond acceptors (Lipinski definition) is 0. The fourth-order valence-corrected chi connectivity index (χ4v) is 4.92. The largest absolute Gasteiger partial charge is 0.107 e. The Hall–Kier alpha value is -2.78. The molecular formula is C31H38. The SMILES string of the molecule is C.C=C(C(/C=C\C)=C(/C)CC)C(C)(CCC#CC)C1c2ccccc2-c2ccccc21. The molecule has 0 heteroatoms. The molecule has 0 spiro atoms. The van der Waals surface area contributed by atoms with Crippen molar-refractivity contribution >= 4 is 0 Å². The second kappa shape index (κ2) is 10.5. The Labute approximate surface area is 190 Å². The molecule has 0 fully saturated rings. The van der Waals surface area contributed by atoms with Gasteiger partial charge in [-0.1, -0.05) is 94.1 Å². The van der Waals surface area contributed by atoms with E-state index in [4.69, 9.17) is 6.58 Å². The molecule has 162 valence electrons. The summed E-state index contributed by atoms with van der Waals surface area (Å²) in [6, 6.07) is 17.8. The Morgan fingerprint density at radius 1 is 1.06 bits per heavy atom. The van der Waals surface area contributed by atoms with E-state index in [0.29, 0.717) is 0 Å². The Balaban J connectivity index is 0.00000341. The van der Waals surface area contributed by atoms with E-state index in [2.05, 4.69) is 100 Å². The van der Waals surface area contributed by atoms with Gasteiger partial charge in [0.05, 0.1) is 0 Å². The first-order valence-corrected chi connectivity index (χ1v) is 11.1. The minimum absolute atomic E-state index is 0. The summed E-state index contributed by atoms with van der Waals surface area (Å²) >= 11 is 0. The highest BCUT2D eigenvalue weighted by Gasteiger charge is 2.44. The van der Waals surface area contributed by atoms with E-state index in [1.807, 2.05) is 6.92 Å². The van der Waals surface area contributed by atoms with Crippen LogP contribution < -0.4 is 0 Å². The van der Waals surface area contributed by atoms with Crippen molar-refractivity contribution in [1.82, 2.24) is 0 Å². The third-order valence-electron chi connectivity index (χ3n) is 6.75. The van der Waals surface area contributed by atoms with Crippen LogP contribution in [0.1, 0.15) is 78.4 Å². The van der Waals surface area contributed by atoms with E-state index in [9.17, 15) is 0 Å². The van der Waals surface area contributed by atoms with Gasteiger partial charge in [-0.15, -0.1) is 11.8 Å². The third-order valence-corrected chi connectivity index (χ3v) is 6.75. The lowest BCUT2D eigenvalue weighted by molar-refractivity contribution is 0.333. The predicted octanol–water partition coefficient (Wildman–Crippen LogP) is 9.10. The zero-order valence-electron chi connectivity index (χ0n) is 19.2. The van der Waals surface area contributed by atoms with Gasteiger partial charge in [-0.05, 0) is 67.0 Å². The quantitative estimate of drug-likeness (QED) is 0.315. The van der Waals surface area contributed by atoms with Gasteiger partial charge in [0.15, 0.2) is 0 Å². The molecule has 0 aromatic heterocycles. The Morgan fingerprint density at radius 3 is 2.10 bits per heavy atom. The zero-order chi connectivity index (χ0) is 21.7. The van der Waals surface area contributed by atoms with E-state index in [1.165, 1.54) is 39.0 Å². The van der Waals surface area contributed by atoms with Gasteiger partial charge < -0.3 is 0 Å². The second-order valence-electron chi connectivity index (χ2n) is 8.48. The van der Waals surface area contributed by atoms with Crippen LogP contribution in [-0.2, 0) is 0 Å². The van der Waals surface area contributed by atoms with Gasteiger partial charge in [0.25, 0.3) is 0 Å². The van der Waals surface area contributed by atoms with Crippen LogP contribution in [0.3, 0.4) is 0 Å². The first kappa shape index (κ1) is 24.5. The van der Waals surface area contributed by atoms with Gasteiger partial charge in [0.2, 0.25) is 0 Å². The molecule has 2 aromatic rings. The third kappa shape index (κ3) is 4.47. The van der Waals surface area contributed by atoms with Crippen molar-refractivity contribution in [3.63, 3.8) is 0 Å². The maximum atomic E-state index is 4.73. The molecule has 3 rings (SSSR count). The summed E-state index contributed by atoms with van der Waals surface area (Å²) in [5.41, 5.74) is 9.36. The minimum Gasteiger partial charge on any atom is -0.107 e. The monoisotopic (exact) mass is 410 g/mol. The summed E-state index contributed by atoms with van der Waals surface area (Å²) < 4.78 is 0. The van der Waals surface area contributed by atoms with Crippen molar-refractivity contribution in [1.29, 1.82) is 0 Å². The molecule has 1 aliphatic rings. The van der Waals surface area contributed by atoms with Crippen LogP contribution in [0.4, 0.5) is 0 Å². The fraction of sp³-hybridized carbons (Fsp3) is 0.355. The molecule has 0 radical (unpaired) electrons. The van der Waals surface area contributed by atoms with Crippen molar-refractivity contribution in [2.24, 2.45) is 5.41 Å². The number of fused-ring (bicyclic) bond motifs is 3. The van der Waals surface area contributed by atoms with Crippen LogP contribution in [0.2, 0.25) is 0 Å². The minimum atomic E-state index is -0.127. The molecule has 2 aromatic carbocycles. The van der Waals surface area contributed by atoms with E-state index < -0.39 is 0 Å². The maximum Gasteiger partial charge on any atom is 0.0196 e. The van der Waals surface area contributed by atoms with Crippen LogP contribution in [0.15, 0.2) is 84.0 Å². The highest BCUT2D eigenvalue weighted by Crippen LogP contribution is 2.58. The molecular weight excluding hydrogens is 372 g/mol. The van der Waals surface area contributed by atoms with Gasteiger partial charge in [-0.2, -0.15) is 0 Å². The van der Waals surface area contributed by atoms with Crippen molar-refractivity contribution in [3.05, 3.63) is 95.1 Å². The maximum absolute atomic E-state index is 4.73. The summed E-state index contributed by atoms with van der Waals surface area (Å²) in [6.07, 6.45) is 7.28. The molecule has 1 unspecified atom stereocenters. The molecule has 0 aliphatic heterocycles. The molecule has 0 amide bonds. The number of allylic oxidation sites excluding steroid dienone is 5. The topological polar surface area (TPSA) is 0 Å². The smallest absolute Gasteiger partial charge is 0.0196 e. The molecule has 0 nitrogen and oxygen atoms in total. The zero-order valence-corrected chi connectivity index (χ0v) is 19.2. The normalized spacial score (nSPS) is 15.1. The summed E-state index contributed by atoms with van der Waals surface area (Å²) in [4.78, 5) is 0. The Morgan fingerprint density at radius 2 is 1.61 bits per heavy atom. The Kier molecular flexibility index (Phi) is 8.29. The van der Waals surface area contributed by atoms with Crippen LogP contribution in [0, 0.1) is 17.3 Å².